The van der Waals surface area contributed by atoms with E-state index in [1.54, 1.807) is 0 Å². The molecule has 0 radical (unpaired) electrons. The topological polar surface area (TPSA) is 26.0 Å². The van der Waals surface area contributed by atoms with Crippen molar-refractivity contribution in [3.63, 3.8) is 0 Å². The van der Waals surface area contributed by atoms with E-state index in [9.17, 15) is 26.3 Å². The van der Waals surface area contributed by atoms with Crippen molar-refractivity contribution in [3.05, 3.63) is 35.1 Å². The Morgan fingerprint density at radius 2 is 1.78 bits per heavy atom. The highest BCUT2D eigenvalue weighted by molar-refractivity contribution is 5.45. The zero-order valence-corrected chi connectivity index (χ0v) is 8.99. The van der Waals surface area contributed by atoms with Crippen LogP contribution in [0.2, 0.25) is 0 Å². The number of rotatable bonds is 2. The average molecular weight is 269 g/mol. The van der Waals surface area contributed by atoms with Gasteiger partial charge in [0.2, 0.25) is 0 Å². The molecule has 1 aliphatic rings. The summed E-state index contributed by atoms with van der Waals surface area (Å²) in [6.07, 6.45) is -5.60. The molecular formula is C11H9F6N. The van der Waals surface area contributed by atoms with Gasteiger partial charge in [-0.1, -0.05) is 0 Å². The summed E-state index contributed by atoms with van der Waals surface area (Å²) in [6, 6.07) is 1.56. The molecule has 0 aromatic heterocycles. The van der Waals surface area contributed by atoms with Crippen molar-refractivity contribution in [2.75, 3.05) is 6.54 Å². The molecule has 0 heterocycles. The lowest BCUT2D eigenvalue weighted by Crippen LogP contribution is -2.29. The number of nitrogens with two attached hydrogens (primary N) is 1. The van der Waals surface area contributed by atoms with Gasteiger partial charge in [0.05, 0.1) is 11.0 Å². The third kappa shape index (κ3) is 1.77. The van der Waals surface area contributed by atoms with Crippen LogP contribution in [-0.4, -0.2) is 12.5 Å². The van der Waals surface area contributed by atoms with Gasteiger partial charge in [0.25, 0.3) is 5.92 Å². The molecule has 7 heteroatoms. The van der Waals surface area contributed by atoms with Crippen LogP contribution in [-0.2, 0) is 11.6 Å². The van der Waals surface area contributed by atoms with E-state index < -0.39 is 47.4 Å². The Morgan fingerprint density at radius 1 is 1.22 bits per heavy atom. The number of hydrogen-bond acceptors (Lipinski definition) is 1. The van der Waals surface area contributed by atoms with Crippen molar-refractivity contribution in [2.45, 2.75) is 23.9 Å². The van der Waals surface area contributed by atoms with Crippen molar-refractivity contribution in [1.29, 1.82) is 0 Å². The maximum atomic E-state index is 13.3. The highest BCUT2D eigenvalue weighted by Gasteiger charge is 2.72. The first kappa shape index (κ1) is 13.2. The van der Waals surface area contributed by atoms with Crippen LogP contribution in [0.1, 0.15) is 17.5 Å². The third-order valence-corrected chi connectivity index (χ3v) is 3.25. The number of alkyl halides is 5. The van der Waals surface area contributed by atoms with Crippen LogP contribution >= 0.6 is 0 Å². The molecular weight excluding hydrogens is 260 g/mol. The van der Waals surface area contributed by atoms with Crippen LogP contribution in [0.3, 0.4) is 0 Å². The Labute approximate surface area is 98.6 Å². The molecule has 1 unspecified atom stereocenters. The monoisotopic (exact) mass is 269 g/mol. The molecule has 1 nitrogen and oxygen atoms in total. The summed E-state index contributed by atoms with van der Waals surface area (Å²) in [7, 11) is 0. The van der Waals surface area contributed by atoms with Gasteiger partial charge in [-0.25, -0.2) is 13.2 Å². The van der Waals surface area contributed by atoms with E-state index >= 15 is 0 Å². The molecule has 1 atom stereocenters. The van der Waals surface area contributed by atoms with E-state index in [4.69, 9.17) is 5.73 Å². The summed E-state index contributed by atoms with van der Waals surface area (Å²) < 4.78 is 77.7. The van der Waals surface area contributed by atoms with Crippen molar-refractivity contribution in [2.24, 2.45) is 5.73 Å². The summed E-state index contributed by atoms with van der Waals surface area (Å²) in [6.45, 7) is -0.660. The van der Waals surface area contributed by atoms with Gasteiger partial charge in [0, 0.05) is 13.0 Å². The first-order valence-electron chi connectivity index (χ1n) is 5.09. The first-order valence-corrected chi connectivity index (χ1v) is 5.09. The molecule has 0 spiro atoms. The van der Waals surface area contributed by atoms with Gasteiger partial charge < -0.3 is 5.73 Å². The lowest BCUT2D eigenvalue weighted by atomic mass is 9.90. The largest absolute Gasteiger partial charge is 0.416 e. The zero-order chi connectivity index (χ0) is 13.8. The first-order chi connectivity index (χ1) is 8.14. The molecule has 0 amide bonds. The van der Waals surface area contributed by atoms with Gasteiger partial charge >= 0.3 is 6.18 Å². The van der Waals surface area contributed by atoms with Crippen molar-refractivity contribution >= 4 is 0 Å². The fourth-order valence-corrected chi connectivity index (χ4v) is 2.12. The van der Waals surface area contributed by atoms with Gasteiger partial charge in [-0.05, 0) is 23.8 Å². The smallest absolute Gasteiger partial charge is 0.329 e. The molecule has 1 aliphatic carbocycles. The minimum Gasteiger partial charge on any atom is -0.329 e. The van der Waals surface area contributed by atoms with E-state index in [2.05, 4.69) is 0 Å². The lowest BCUT2D eigenvalue weighted by Gasteiger charge is -2.20. The second kappa shape index (κ2) is 3.63. The molecule has 100 valence electrons. The van der Waals surface area contributed by atoms with E-state index in [1.807, 2.05) is 0 Å². The number of hydrogen-bond donors (Lipinski definition) is 1. The van der Waals surface area contributed by atoms with Crippen LogP contribution < -0.4 is 5.73 Å². The summed E-state index contributed by atoms with van der Waals surface area (Å²) in [5.41, 5.74) is 1.05. The van der Waals surface area contributed by atoms with Crippen molar-refractivity contribution < 1.29 is 26.3 Å². The summed E-state index contributed by atoms with van der Waals surface area (Å²) in [5, 5.41) is 0. The summed E-state index contributed by atoms with van der Waals surface area (Å²) >= 11 is 0. The van der Waals surface area contributed by atoms with Crippen LogP contribution in [0.4, 0.5) is 26.3 Å². The van der Waals surface area contributed by atoms with Crippen LogP contribution in [0, 0.1) is 5.82 Å². The third-order valence-electron chi connectivity index (χ3n) is 3.25. The highest BCUT2D eigenvalue weighted by Crippen LogP contribution is 2.62. The van der Waals surface area contributed by atoms with Gasteiger partial charge in [0.1, 0.15) is 5.82 Å². The Morgan fingerprint density at radius 3 is 2.17 bits per heavy atom. The SMILES string of the molecule is NCC1(c2cc(F)ccc2C(F)(F)F)CC1(F)F. The van der Waals surface area contributed by atoms with Gasteiger partial charge in [-0.15, -0.1) is 0 Å². The lowest BCUT2D eigenvalue weighted by molar-refractivity contribution is -0.138. The van der Waals surface area contributed by atoms with Crippen molar-refractivity contribution in [3.8, 4) is 0 Å². The van der Waals surface area contributed by atoms with E-state index in [-0.39, 0.29) is 0 Å². The maximum Gasteiger partial charge on any atom is 0.416 e. The summed E-state index contributed by atoms with van der Waals surface area (Å²) in [4.78, 5) is 0. The predicted molar refractivity (Wildman–Crippen MR) is 51.7 cm³/mol. The summed E-state index contributed by atoms with van der Waals surface area (Å²) in [5.74, 6) is -4.32. The van der Waals surface area contributed by atoms with Crippen LogP contribution in [0.15, 0.2) is 18.2 Å². The normalized spacial score (nSPS) is 26.2. The molecule has 1 fully saturated rings. The quantitative estimate of drug-likeness (QED) is 0.820. The fraction of sp³-hybridized carbons (Fsp3) is 0.455. The van der Waals surface area contributed by atoms with Crippen LogP contribution in [0.25, 0.3) is 0 Å². The van der Waals surface area contributed by atoms with Crippen LogP contribution in [0.5, 0.6) is 0 Å². The minimum atomic E-state index is -4.82. The standard InChI is InChI=1S/C11H9F6N/c12-6-1-2-7(11(15,16)17)8(3-6)9(5-18)4-10(9,13)14/h1-3H,4-5,18H2. The van der Waals surface area contributed by atoms with Gasteiger partial charge in [-0.2, -0.15) is 13.2 Å². The average Bonchev–Trinajstić information content (AvgIpc) is 2.80. The molecule has 0 aliphatic heterocycles. The molecule has 1 aromatic rings. The Hall–Kier alpha value is -1.24. The van der Waals surface area contributed by atoms with Gasteiger partial charge in [0.15, 0.2) is 0 Å². The van der Waals surface area contributed by atoms with E-state index in [0.717, 1.165) is 0 Å². The van der Waals surface area contributed by atoms with Gasteiger partial charge in [-0.3, -0.25) is 0 Å². The highest BCUT2D eigenvalue weighted by atomic mass is 19.4. The zero-order valence-electron chi connectivity index (χ0n) is 8.99. The van der Waals surface area contributed by atoms with E-state index in [1.165, 1.54) is 0 Å². The second-order valence-electron chi connectivity index (χ2n) is 4.36. The maximum absolute atomic E-state index is 13.3. The molecule has 1 aromatic carbocycles. The number of benzene rings is 1. The Bertz CT molecular complexity index is 481. The van der Waals surface area contributed by atoms with Crippen molar-refractivity contribution in [1.82, 2.24) is 0 Å². The molecule has 2 N–H and O–H groups in total. The Balaban J connectivity index is 2.61. The predicted octanol–water partition coefficient (Wildman–Crippen LogP) is 3.08. The fourth-order valence-electron chi connectivity index (χ4n) is 2.12. The molecule has 0 saturated heterocycles. The second-order valence-corrected chi connectivity index (χ2v) is 4.36. The minimum absolute atomic E-state index is 0.469. The Kier molecular flexibility index (Phi) is 2.66. The molecule has 18 heavy (non-hydrogen) atoms. The number of halogens is 6. The molecule has 0 bridgehead atoms. The molecule has 1 saturated carbocycles. The van der Waals surface area contributed by atoms with E-state index in [0.29, 0.717) is 18.2 Å². The molecule has 2 rings (SSSR count).